The number of rotatable bonds is 1. The van der Waals surface area contributed by atoms with Crippen LogP contribution in [0.4, 0.5) is 0 Å². The van der Waals surface area contributed by atoms with Crippen molar-refractivity contribution in [2.75, 3.05) is 0 Å². The van der Waals surface area contributed by atoms with Crippen LogP contribution < -0.4 is 0 Å². The Bertz CT molecular complexity index is 385. The van der Waals surface area contributed by atoms with Crippen LogP contribution in [0.3, 0.4) is 0 Å². The molecule has 0 saturated carbocycles. The standard InChI is InChI=1S/C10H10OSSi/c12-10(11-13)9-5-4-7-2-1-3-8(7)6-9/h1,3-6H,2H2,13H3. The molecule has 13 heavy (non-hydrogen) atoms. The van der Waals surface area contributed by atoms with E-state index in [9.17, 15) is 0 Å². The molecule has 1 aromatic carbocycles. The minimum atomic E-state index is 0.620. The van der Waals surface area contributed by atoms with Crippen molar-refractivity contribution in [2.24, 2.45) is 0 Å². The summed E-state index contributed by atoms with van der Waals surface area (Å²) in [6.07, 6.45) is 5.34. The van der Waals surface area contributed by atoms with Gasteiger partial charge in [-0.25, -0.2) is 0 Å². The zero-order valence-corrected chi connectivity index (χ0v) is 10.2. The van der Waals surface area contributed by atoms with Crippen LogP contribution in [0, 0.1) is 0 Å². The highest BCUT2D eigenvalue weighted by atomic mass is 32.1. The van der Waals surface area contributed by atoms with E-state index < -0.39 is 0 Å². The average Bonchev–Trinajstić information content (AvgIpc) is 2.63. The average molecular weight is 206 g/mol. The van der Waals surface area contributed by atoms with Gasteiger partial charge in [-0.1, -0.05) is 24.3 Å². The first-order chi connectivity index (χ1) is 6.31. The Morgan fingerprint density at radius 1 is 1.46 bits per heavy atom. The summed E-state index contributed by atoms with van der Waals surface area (Å²) in [4.78, 5) is 0. The van der Waals surface area contributed by atoms with Crippen molar-refractivity contribution >= 4 is 33.8 Å². The predicted molar refractivity (Wildman–Crippen MR) is 61.9 cm³/mol. The van der Waals surface area contributed by atoms with Gasteiger partial charge in [0, 0.05) is 5.56 Å². The Morgan fingerprint density at radius 2 is 2.31 bits per heavy atom. The maximum atomic E-state index is 5.14. The molecule has 0 atom stereocenters. The van der Waals surface area contributed by atoms with Gasteiger partial charge in [-0.05, 0) is 35.8 Å². The molecule has 0 heterocycles. The molecule has 0 amide bonds. The minimum absolute atomic E-state index is 0.620. The summed E-state index contributed by atoms with van der Waals surface area (Å²) in [5.74, 6) is 0. The third-order valence-electron chi connectivity index (χ3n) is 2.20. The van der Waals surface area contributed by atoms with Crippen LogP contribution in [0.5, 0.6) is 0 Å². The van der Waals surface area contributed by atoms with E-state index in [1.807, 2.05) is 6.07 Å². The second kappa shape index (κ2) is 3.44. The van der Waals surface area contributed by atoms with Crippen molar-refractivity contribution in [1.29, 1.82) is 0 Å². The van der Waals surface area contributed by atoms with Crippen molar-refractivity contribution in [2.45, 2.75) is 6.42 Å². The van der Waals surface area contributed by atoms with Gasteiger partial charge in [0.15, 0.2) is 5.05 Å². The van der Waals surface area contributed by atoms with Crippen LogP contribution >= 0.6 is 12.2 Å². The monoisotopic (exact) mass is 206 g/mol. The number of hydrogen-bond acceptors (Lipinski definition) is 2. The number of benzene rings is 1. The molecule has 0 fully saturated rings. The lowest BCUT2D eigenvalue weighted by Crippen LogP contribution is -2.00. The molecule has 1 nitrogen and oxygen atoms in total. The van der Waals surface area contributed by atoms with Crippen LogP contribution in [0.1, 0.15) is 16.7 Å². The van der Waals surface area contributed by atoms with E-state index in [1.165, 1.54) is 11.1 Å². The van der Waals surface area contributed by atoms with Gasteiger partial charge >= 0.3 is 0 Å². The first kappa shape index (κ1) is 8.66. The lowest BCUT2D eigenvalue weighted by molar-refractivity contribution is 0.632. The van der Waals surface area contributed by atoms with E-state index in [1.54, 1.807) is 0 Å². The Labute approximate surface area is 86.0 Å². The maximum absolute atomic E-state index is 5.14. The summed E-state index contributed by atoms with van der Waals surface area (Å²) in [7, 11) is 0.662. The maximum Gasteiger partial charge on any atom is 0.205 e. The van der Waals surface area contributed by atoms with Crippen LogP contribution in [-0.2, 0) is 10.8 Å². The third-order valence-corrected chi connectivity index (χ3v) is 3.31. The molecule has 0 bridgehead atoms. The summed E-state index contributed by atoms with van der Waals surface area (Å²) in [6, 6.07) is 6.25. The topological polar surface area (TPSA) is 9.23 Å². The second-order valence-corrected chi connectivity index (χ2v) is 3.79. The highest BCUT2D eigenvalue weighted by Crippen LogP contribution is 2.20. The molecule has 0 N–H and O–H groups in total. The van der Waals surface area contributed by atoms with E-state index in [4.69, 9.17) is 16.6 Å². The molecule has 1 aliphatic carbocycles. The van der Waals surface area contributed by atoms with Crippen molar-refractivity contribution in [3.63, 3.8) is 0 Å². The van der Waals surface area contributed by atoms with Gasteiger partial charge in [0.25, 0.3) is 0 Å². The molecule has 1 aromatic rings. The van der Waals surface area contributed by atoms with E-state index in [0.29, 0.717) is 15.5 Å². The number of hydrogen-bond donors (Lipinski definition) is 0. The lowest BCUT2D eigenvalue weighted by Gasteiger charge is -2.05. The van der Waals surface area contributed by atoms with Crippen molar-refractivity contribution in [1.82, 2.24) is 0 Å². The summed E-state index contributed by atoms with van der Waals surface area (Å²) in [5.41, 5.74) is 3.67. The van der Waals surface area contributed by atoms with Crippen molar-refractivity contribution in [3.8, 4) is 0 Å². The molecule has 3 heteroatoms. The highest BCUT2D eigenvalue weighted by Gasteiger charge is 2.07. The van der Waals surface area contributed by atoms with Gasteiger partial charge < -0.3 is 4.43 Å². The van der Waals surface area contributed by atoms with Crippen LogP contribution in [-0.4, -0.2) is 15.5 Å². The number of allylic oxidation sites excluding steroid dienone is 1. The van der Waals surface area contributed by atoms with Crippen molar-refractivity contribution < 1.29 is 4.43 Å². The summed E-state index contributed by atoms with van der Waals surface area (Å²) in [5, 5.41) is 0.620. The molecule has 0 spiro atoms. The number of thiocarbonyl (C=S) groups is 1. The molecular formula is C10H10OSSi. The first-order valence-electron chi connectivity index (χ1n) is 4.19. The molecule has 1 aliphatic rings. The molecule has 66 valence electrons. The molecule has 0 aromatic heterocycles. The summed E-state index contributed by atoms with van der Waals surface area (Å²) in [6.45, 7) is 0. The van der Waals surface area contributed by atoms with E-state index in [2.05, 4.69) is 24.3 Å². The predicted octanol–water partition coefficient (Wildman–Crippen LogP) is 1.23. The van der Waals surface area contributed by atoms with Gasteiger partial charge in [-0.3, -0.25) is 0 Å². The summed E-state index contributed by atoms with van der Waals surface area (Å²) >= 11 is 5.08. The third kappa shape index (κ3) is 1.57. The molecule has 0 radical (unpaired) electrons. The van der Waals surface area contributed by atoms with Gasteiger partial charge in [-0.2, -0.15) is 0 Å². The van der Waals surface area contributed by atoms with Gasteiger partial charge in [0.05, 0.1) is 0 Å². The fourth-order valence-corrected chi connectivity index (χ4v) is 1.86. The quantitative estimate of drug-likeness (QED) is 0.505. The molecule has 0 aliphatic heterocycles. The Balaban J connectivity index is 2.40. The Kier molecular flexibility index (Phi) is 2.29. The second-order valence-electron chi connectivity index (χ2n) is 3.01. The SMILES string of the molecule is [SiH3]OC(=S)c1ccc2c(c1)C=CC2. The molecular weight excluding hydrogens is 196 g/mol. The molecule has 0 saturated heterocycles. The number of fused-ring (bicyclic) bond motifs is 1. The minimum Gasteiger partial charge on any atom is -0.545 e. The van der Waals surface area contributed by atoms with Gasteiger partial charge in [0.2, 0.25) is 10.5 Å². The highest BCUT2D eigenvalue weighted by molar-refractivity contribution is 7.80. The van der Waals surface area contributed by atoms with Crippen LogP contribution in [0.25, 0.3) is 6.08 Å². The van der Waals surface area contributed by atoms with Crippen LogP contribution in [0.15, 0.2) is 24.3 Å². The largest absolute Gasteiger partial charge is 0.545 e. The Morgan fingerprint density at radius 3 is 3.08 bits per heavy atom. The summed E-state index contributed by atoms with van der Waals surface area (Å²) < 4.78 is 5.14. The zero-order valence-electron chi connectivity index (χ0n) is 7.41. The van der Waals surface area contributed by atoms with E-state index >= 15 is 0 Å². The smallest absolute Gasteiger partial charge is 0.205 e. The first-order valence-corrected chi connectivity index (χ1v) is 5.41. The van der Waals surface area contributed by atoms with Gasteiger partial charge in [0.1, 0.15) is 0 Å². The fourth-order valence-electron chi connectivity index (χ4n) is 1.49. The molecule has 2 rings (SSSR count). The van der Waals surface area contributed by atoms with Crippen LogP contribution in [0.2, 0.25) is 0 Å². The normalized spacial score (nSPS) is 12.9. The zero-order chi connectivity index (χ0) is 9.26. The lowest BCUT2D eigenvalue weighted by atomic mass is 10.1. The van der Waals surface area contributed by atoms with E-state index in [-0.39, 0.29) is 0 Å². The van der Waals surface area contributed by atoms with Gasteiger partial charge in [-0.15, -0.1) is 0 Å². The molecule has 0 unspecified atom stereocenters. The van der Waals surface area contributed by atoms with Crippen molar-refractivity contribution in [3.05, 3.63) is 41.0 Å². The Hall–Kier alpha value is -0.933. The van der Waals surface area contributed by atoms with E-state index in [0.717, 1.165) is 12.0 Å². The fraction of sp³-hybridized carbons (Fsp3) is 0.100.